The van der Waals surface area contributed by atoms with Crippen molar-refractivity contribution >= 4 is 0 Å². The molecule has 0 saturated heterocycles. The van der Waals surface area contributed by atoms with Crippen LogP contribution < -0.4 is 0 Å². The summed E-state index contributed by atoms with van der Waals surface area (Å²) in [5.74, 6) is 0. The Kier molecular flexibility index (Phi) is 6.93. The molecule has 0 aliphatic heterocycles. The SMILES string of the molecule is C=CCc1ccccc1.CN(C)C. The van der Waals surface area contributed by atoms with Gasteiger partial charge in [-0.05, 0) is 33.1 Å². The molecule has 0 aromatic heterocycles. The van der Waals surface area contributed by atoms with Crippen molar-refractivity contribution in [2.75, 3.05) is 21.1 Å². The highest BCUT2D eigenvalue weighted by Gasteiger charge is 1.82. The van der Waals surface area contributed by atoms with Crippen LogP contribution in [0.2, 0.25) is 0 Å². The molecule has 0 unspecified atom stereocenters. The van der Waals surface area contributed by atoms with Crippen LogP contribution >= 0.6 is 0 Å². The lowest BCUT2D eigenvalue weighted by Gasteiger charge is -1.91. The highest BCUT2D eigenvalue weighted by Crippen LogP contribution is 1.98. The summed E-state index contributed by atoms with van der Waals surface area (Å²) >= 11 is 0. The van der Waals surface area contributed by atoms with E-state index in [2.05, 4.69) is 18.7 Å². The first kappa shape index (κ1) is 11.9. The van der Waals surface area contributed by atoms with E-state index in [1.807, 2.05) is 50.3 Å². The maximum atomic E-state index is 3.66. The summed E-state index contributed by atoms with van der Waals surface area (Å²) in [5.41, 5.74) is 1.33. The monoisotopic (exact) mass is 177 g/mol. The van der Waals surface area contributed by atoms with E-state index in [0.29, 0.717) is 0 Å². The lowest BCUT2D eigenvalue weighted by atomic mass is 10.2. The zero-order valence-electron chi connectivity index (χ0n) is 8.83. The molecule has 0 heterocycles. The van der Waals surface area contributed by atoms with E-state index in [1.165, 1.54) is 5.56 Å². The van der Waals surface area contributed by atoms with Crippen LogP contribution in [0.25, 0.3) is 0 Å². The molecule has 13 heavy (non-hydrogen) atoms. The highest BCUT2D eigenvalue weighted by molar-refractivity contribution is 5.16. The number of rotatable bonds is 2. The van der Waals surface area contributed by atoms with Crippen LogP contribution in [-0.2, 0) is 6.42 Å². The Balaban J connectivity index is 0.000000310. The van der Waals surface area contributed by atoms with Gasteiger partial charge in [-0.3, -0.25) is 0 Å². The Morgan fingerprint density at radius 2 is 1.62 bits per heavy atom. The zero-order valence-corrected chi connectivity index (χ0v) is 8.83. The third-order valence-corrected chi connectivity index (χ3v) is 1.22. The van der Waals surface area contributed by atoms with Crippen molar-refractivity contribution < 1.29 is 0 Å². The molecular formula is C12H19N. The Bertz CT molecular complexity index is 211. The third-order valence-electron chi connectivity index (χ3n) is 1.22. The van der Waals surface area contributed by atoms with E-state index < -0.39 is 0 Å². The molecule has 72 valence electrons. The minimum absolute atomic E-state index is 0.973. The van der Waals surface area contributed by atoms with Gasteiger partial charge < -0.3 is 4.90 Å². The molecule has 0 radical (unpaired) electrons. The van der Waals surface area contributed by atoms with E-state index in [1.54, 1.807) is 0 Å². The van der Waals surface area contributed by atoms with Gasteiger partial charge in [0.05, 0.1) is 0 Å². The molecule has 0 atom stereocenters. The first-order valence-electron chi connectivity index (χ1n) is 4.42. The van der Waals surface area contributed by atoms with Gasteiger partial charge in [0.1, 0.15) is 0 Å². The normalized spacial score (nSPS) is 8.92. The zero-order chi connectivity index (χ0) is 10.1. The summed E-state index contributed by atoms with van der Waals surface area (Å²) in [4.78, 5) is 2.00. The smallest absolute Gasteiger partial charge is 0.0100 e. The fourth-order valence-corrected chi connectivity index (χ4v) is 0.781. The van der Waals surface area contributed by atoms with Gasteiger partial charge in [0, 0.05) is 0 Å². The van der Waals surface area contributed by atoms with Gasteiger partial charge in [-0.2, -0.15) is 0 Å². The fourth-order valence-electron chi connectivity index (χ4n) is 0.781. The number of allylic oxidation sites excluding steroid dienone is 1. The quantitative estimate of drug-likeness (QED) is 0.628. The van der Waals surface area contributed by atoms with Crippen molar-refractivity contribution in [2.24, 2.45) is 0 Å². The first-order chi connectivity index (χ1) is 6.16. The molecular weight excluding hydrogens is 158 g/mol. The van der Waals surface area contributed by atoms with E-state index in [9.17, 15) is 0 Å². The molecule has 0 spiro atoms. The van der Waals surface area contributed by atoms with E-state index in [0.717, 1.165) is 6.42 Å². The molecule has 1 rings (SSSR count). The van der Waals surface area contributed by atoms with Gasteiger partial charge in [0.2, 0.25) is 0 Å². The van der Waals surface area contributed by atoms with Crippen LogP contribution in [0.1, 0.15) is 5.56 Å². The molecule has 0 amide bonds. The molecule has 0 fully saturated rings. The number of benzene rings is 1. The van der Waals surface area contributed by atoms with Crippen molar-refractivity contribution in [3.63, 3.8) is 0 Å². The summed E-state index contributed by atoms with van der Waals surface area (Å²) in [6, 6.07) is 10.3. The number of hydrogen-bond donors (Lipinski definition) is 0. The van der Waals surface area contributed by atoms with E-state index >= 15 is 0 Å². The van der Waals surface area contributed by atoms with Gasteiger partial charge in [0.15, 0.2) is 0 Å². The van der Waals surface area contributed by atoms with Crippen molar-refractivity contribution in [3.8, 4) is 0 Å². The highest BCUT2D eigenvalue weighted by atomic mass is 15.0. The molecule has 0 saturated carbocycles. The topological polar surface area (TPSA) is 3.24 Å². The molecule has 1 heteroatoms. The Labute approximate surface area is 81.7 Å². The molecule has 1 aromatic rings. The molecule has 0 aliphatic carbocycles. The van der Waals surface area contributed by atoms with Crippen LogP contribution in [0.5, 0.6) is 0 Å². The van der Waals surface area contributed by atoms with Crippen LogP contribution in [0.4, 0.5) is 0 Å². The summed E-state index contributed by atoms with van der Waals surface area (Å²) in [7, 11) is 6.00. The standard InChI is InChI=1S/C9H10.C3H9N/c1-2-6-9-7-4-3-5-8-9;1-4(2)3/h2-5,7-8H,1,6H2;1-3H3. The van der Waals surface area contributed by atoms with Gasteiger partial charge in [-0.15, -0.1) is 6.58 Å². The van der Waals surface area contributed by atoms with Crippen molar-refractivity contribution in [2.45, 2.75) is 6.42 Å². The molecule has 0 bridgehead atoms. The fraction of sp³-hybridized carbons (Fsp3) is 0.333. The van der Waals surface area contributed by atoms with Gasteiger partial charge >= 0.3 is 0 Å². The first-order valence-corrected chi connectivity index (χ1v) is 4.42. The predicted octanol–water partition coefficient (Wildman–Crippen LogP) is 2.59. The van der Waals surface area contributed by atoms with E-state index in [-0.39, 0.29) is 0 Å². The average molecular weight is 177 g/mol. The molecule has 1 nitrogen and oxygen atoms in total. The molecule has 1 aromatic carbocycles. The van der Waals surface area contributed by atoms with Gasteiger partial charge in [0.25, 0.3) is 0 Å². The maximum absolute atomic E-state index is 3.66. The Morgan fingerprint density at radius 3 is 2.00 bits per heavy atom. The third kappa shape index (κ3) is 8.83. The Hall–Kier alpha value is -1.08. The average Bonchev–Trinajstić information content (AvgIpc) is 2.06. The second-order valence-corrected chi connectivity index (χ2v) is 3.32. The van der Waals surface area contributed by atoms with E-state index in [4.69, 9.17) is 0 Å². The van der Waals surface area contributed by atoms with Crippen LogP contribution in [-0.4, -0.2) is 26.0 Å². The molecule has 0 N–H and O–H groups in total. The lowest BCUT2D eigenvalue weighted by molar-refractivity contribution is 0.505. The van der Waals surface area contributed by atoms with Crippen molar-refractivity contribution in [1.29, 1.82) is 0 Å². The minimum atomic E-state index is 0.973. The van der Waals surface area contributed by atoms with Crippen molar-refractivity contribution in [1.82, 2.24) is 4.90 Å². The maximum Gasteiger partial charge on any atom is -0.0100 e. The second-order valence-electron chi connectivity index (χ2n) is 3.32. The lowest BCUT2D eigenvalue weighted by Crippen LogP contribution is -1.99. The molecule has 0 aliphatic rings. The minimum Gasteiger partial charge on any atom is -0.312 e. The largest absolute Gasteiger partial charge is 0.312 e. The van der Waals surface area contributed by atoms with Crippen LogP contribution in [0, 0.1) is 0 Å². The summed E-state index contributed by atoms with van der Waals surface area (Å²) < 4.78 is 0. The number of hydrogen-bond acceptors (Lipinski definition) is 1. The van der Waals surface area contributed by atoms with Crippen molar-refractivity contribution in [3.05, 3.63) is 48.6 Å². The predicted molar refractivity (Wildman–Crippen MR) is 60.0 cm³/mol. The number of nitrogens with zero attached hydrogens (tertiary/aromatic N) is 1. The summed E-state index contributed by atoms with van der Waals surface area (Å²) in [6.07, 6.45) is 2.89. The van der Waals surface area contributed by atoms with Crippen LogP contribution in [0.15, 0.2) is 43.0 Å². The Morgan fingerprint density at radius 1 is 1.15 bits per heavy atom. The van der Waals surface area contributed by atoms with Gasteiger partial charge in [-0.1, -0.05) is 36.4 Å². The second kappa shape index (κ2) is 7.56. The summed E-state index contributed by atoms with van der Waals surface area (Å²) in [6.45, 7) is 3.66. The van der Waals surface area contributed by atoms with Gasteiger partial charge in [-0.25, -0.2) is 0 Å². The van der Waals surface area contributed by atoms with Crippen LogP contribution in [0.3, 0.4) is 0 Å². The summed E-state index contributed by atoms with van der Waals surface area (Å²) in [5, 5.41) is 0.